The number of aryl methyl sites for hydroxylation is 1. The highest BCUT2D eigenvalue weighted by molar-refractivity contribution is 5.36. The number of fused-ring (bicyclic) bond motifs is 1. The highest BCUT2D eigenvalue weighted by atomic mass is 16.5. The molecule has 0 N–H and O–H groups in total. The van der Waals surface area contributed by atoms with Crippen LogP contribution in [0.25, 0.3) is 0 Å². The normalized spacial score (nSPS) is 16.1. The van der Waals surface area contributed by atoms with Crippen LogP contribution >= 0.6 is 0 Å². The van der Waals surface area contributed by atoms with Crippen molar-refractivity contribution in [1.29, 1.82) is 0 Å². The van der Waals surface area contributed by atoms with E-state index in [0.29, 0.717) is 0 Å². The number of benzene rings is 2. The van der Waals surface area contributed by atoms with Gasteiger partial charge < -0.3 is 9.15 Å². The molecule has 1 aromatic heterocycles. The summed E-state index contributed by atoms with van der Waals surface area (Å²) in [6.07, 6.45) is 5.65. The van der Waals surface area contributed by atoms with E-state index in [9.17, 15) is 0 Å². The molecule has 2 nitrogen and oxygen atoms in total. The minimum Gasteiger partial charge on any atom is -0.485 e. The summed E-state index contributed by atoms with van der Waals surface area (Å²) in [6, 6.07) is 22.4. The van der Waals surface area contributed by atoms with Crippen molar-refractivity contribution in [3.63, 3.8) is 0 Å². The Kier molecular flexibility index (Phi) is 4.37. The molecule has 1 aliphatic heterocycles. The fourth-order valence-corrected chi connectivity index (χ4v) is 2.45. The SMILES string of the molecule is c1ccc(C2CCc3ccccc3O2)cc1.c1ccoc1. The molecule has 0 bridgehead atoms. The Morgan fingerprint density at radius 2 is 1.48 bits per heavy atom. The van der Waals surface area contributed by atoms with Gasteiger partial charge in [-0.15, -0.1) is 0 Å². The Morgan fingerprint density at radius 1 is 0.762 bits per heavy atom. The van der Waals surface area contributed by atoms with Crippen LogP contribution in [0, 0.1) is 0 Å². The maximum absolute atomic E-state index is 6.02. The number of rotatable bonds is 1. The molecule has 2 aromatic carbocycles. The van der Waals surface area contributed by atoms with Crippen molar-refractivity contribution in [2.45, 2.75) is 18.9 Å². The zero-order chi connectivity index (χ0) is 14.3. The molecule has 0 saturated heterocycles. The summed E-state index contributed by atoms with van der Waals surface area (Å²) in [5, 5.41) is 0. The van der Waals surface area contributed by atoms with Crippen molar-refractivity contribution in [3.05, 3.63) is 90.4 Å². The van der Waals surface area contributed by atoms with Crippen LogP contribution in [-0.4, -0.2) is 0 Å². The molecule has 0 amide bonds. The van der Waals surface area contributed by atoms with E-state index in [0.717, 1.165) is 18.6 Å². The van der Waals surface area contributed by atoms with Gasteiger partial charge in [0.1, 0.15) is 11.9 Å². The second-order valence-corrected chi connectivity index (χ2v) is 4.96. The summed E-state index contributed by atoms with van der Waals surface area (Å²) in [7, 11) is 0. The zero-order valence-corrected chi connectivity index (χ0v) is 11.8. The molecule has 0 radical (unpaired) electrons. The van der Waals surface area contributed by atoms with Crippen LogP contribution in [0.15, 0.2) is 83.7 Å². The number of furan rings is 1. The fraction of sp³-hybridized carbons (Fsp3) is 0.158. The summed E-state index contributed by atoms with van der Waals surface area (Å²) >= 11 is 0. The van der Waals surface area contributed by atoms with Gasteiger partial charge in [0, 0.05) is 0 Å². The predicted octanol–water partition coefficient (Wildman–Crippen LogP) is 5.03. The van der Waals surface area contributed by atoms with E-state index in [1.54, 1.807) is 12.5 Å². The molecular weight excluding hydrogens is 260 g/mol. The van der Waals surface area contributed by atoms with Crippen molar-refractivity contribution in [3.8, 4) is 5.75 Å². The molecule has 2 heterocycles. The highest BCUT2D eigenvalue weighted by Crippen LogP contribution is 2.34. The van der Waals surface area contributed by atoms with Gasteiger partial charge in [0.2, 0.25) is 0 Å². The van der Waals surface area contributed by atoms with Gasteiger partial charge in [-0.2, -0.15) is 0 Å². The molecule has 0 saturated carbocycles. The lowest BCUT2D eigenvalue weighted by atomic mass is 9.98. The first-order chi connectivity index (χ1) is 10.4. The molecule has 106 valence electrons. The van der Waals surface area contributed by atoms with Crippen molar-refractivity contribution in [2.24, 2.45) is 0 Å². The molecule has 1 atom stereocenters. The van der Waals surface area contributed by atoms with Crippen molar-refractivity contribution in [2.75, 3.05) is 0 Å². The van der Waals surface area contributed by atoms with Crippen molar-refractivity contribution in [1.82, 2.24) is 0 Å². The highest BCUT2D eigenvalue weighted by Gasteiger charge is 2.20. The molecule has 0 spiro atoms. The Bertz CT molecular complexity index is 627. The Hall–Kier alpha value is -2.48. The summed E-state index contributed by atoms with van der Waals surface area (Å²) in [4.78, 5) is 0. The van der Waals surface area contributed by atoms with Crippen molar-refractivity contribution < 1.29 is 9.15 Å². The molecular formula is C19H18O2. The molecule has 0 aliphatic carbocycles. The Labute approximate surface area is 125 Å². The molecule has 2 heteroatoms. The number of hydrogen-bond acceptors (Lipinski definition) is 2. The third kappa shape index (κ3) is 3.54. The van der Waals surface area contributed by atoms with E-state index in [4.69, 9.17) is 4.74 Å². The van der Waals surface area contributed by atoms with Crippen LogP contribution in [0.3, 0.4) is 0 Å². The first kappa shape index (κ1) is 13.5. The topological polar surface area (TPSA) is 22.4 Å². The van der Waals surface area contributed by atoms with Crippen LogP contribution in [0.5, 0.6) is 5.75 Å². The largest absolute Gasteiger partial charge is 0.485 e. The van der Waals surface area contributed by atoms with E-state index >= 15 is 0 Å². The second-order valence-electron chi connectivity index (χ2n) is 4.96. The molecule has 0 fully saturated rings. The summed E-state index contributed by atoms with van der Waals surface area (Å²) < 4.78 is 10.6. The predicted molar refractivity (Wildman–Crippen MR) is 83.3 cm³/mol. The zero-order valence-electron chi connectivity index (χ0n) is 11.8. The minimum absolute atomic E-state index is 0.219. The third-order valence-electron chi connectivity index (χ3n) is 3.51. The van der Waals surface area contributed by atoms with Crippen molar-refractivity contribution >= 4 is 0 Å². The summed E-state index contributed by atoms with van der Waals surface area (Å²) in [5.74, 6) is 1.04. The Balaban J connectivity index is 0.000000225. The van der Waals surface area contributed by atoms with E-state index < -0.39 is 0 Å². The number of ether oxygens (including phenoxy) is 1. The standard InChI is InChI=1S/C15H14O.C4H4O/c1-2-6-12(7-3-1)15-11-10-13-8-4-5-9-14(13)16-15;1-2-4-5-3-1/h1-9,15H,10-11H2;1-4H. The minimum atomic E-state index is 0.219. The van der Waals surface area contributed by atoms with Gasteiger partial charge in [0.15, 0.2) is 0 Å². The summed E-state index contributed by atoms with van der Waals surface area (Å²) in [6.45, 7) is 0. The third-order valence-corrected chi connectivity index (χ3v) is 3.51. The van der Waals surface area contributed by atoms with Gasteiger partial charge in [-0.25, -0.2) is 0 Å². The van der Waals surface area contributed by atoms with E-state index in [-0.39, 0.29) is 6.10 Å². The fourth-order valence-electron chi connectivity index (χ4n) is 2.45. The summed E-state index contributed by atoms with van der Waals surface area (Å²) in [5.41, 5.74) is 2.60. The van der Waals surface area contributed by atoms with Crippen LogP contribution in [-0.2, 0) is 6.42 Å². The first-order valence-corrected chi connectivity index (χ1v) is 7.20. The molecule has 1 unspecified atom stereocenters. The quantitative estimate of drug-likeness (QED) is 0.622. The monoisotopic (exact) mass is 278 g/mol. The maximum Gasteiger partial charge on any atom is 0.124 e. The van der Waals surface area contributed by atoms with Crippen LogP contribution in [0.2, 0.25) is 0 Å². The average molecular weight is 278 g/mol. The molecule has 1 aliphatic rings. The lowest BCUT2D eigenvalue weighted by Crippen LogP contribution is -2.14. The van der Waals surface area contributed by atoms with E-state index in [1.165, 1.54) is 11.1 Å². The van der Waals surface area contributed by atoms with Gasteiger partial charge in [-0.1, -0.05) is 48.5 Å². The first-order valence-electron chi connectivity index (χ1n) is 7.20. The number of para-hydroxylation sites is 1. The maximum atomic E-state index is 6.02. The molecule has 21 heavy (non-hydrogen) atoms. The average Bonchev–Trinajstić information content (AvgIpc) is 3.15. The van der Waals surface area contributed by atoms with Gasteiger partial charge in [-0.3, -0.25) is 0 Å². The van der Waals surface area contributed by atoms with Crippen LogP contribution < -0.4 is 4.74 Å². The second kappa shape index (κ2) is 6.80. The lowest BCUT2D eigenvalue weighted by Gasteiger charge is -2.26. The van der Waals surface area contributed by atoms with E-state index in [1.807, 2.05) is 24.3 Å². The molecule has 3 aromatic rings. The van der Waals surface area contributed by atoms with Gasteiger partial charge in [0.25, 0.3) is 0 Å². The number of hydrogen-bond donors (Lipinski definition) is 0. The lowest BCUT2D eigenvalue weighted by molar-refractivity contribution is 0.176. The Morgan fingerprint density at radius 3 is 2.19 bits per heavy atom. The smallest absolute Gasteiger partial charge is 0.124 e. The van der Waals surface area contributed by atoms with Gasteiger partial charge >= 0.3 is 0 Å². The van der Waals surface area contributed by atoms with Crippen LogP contribution in [0.1, 0.15) is 23.7 Å². The van der Waals surface area contributed by atoms with Gasteiger partial charge in [-0.05, 0) is 42.2 Å². The van der Waals surface area contributed by atoms with E-state index in [2.05, 4.69) is 46.9 Å². The molecule has 4 rings (SSSR count). The van der Waals surface area contributed by atoms with Gasteiger partial charge in [0.05, 0.1) is 12.5 Å². The van der Waals surface area contributed by atoms with Crippen LogP contribution in [0.4, 0.5) is 0 Å².